The van der Waals surface area contributed by atoms with Crippen LogP contribution < -0.4 is 20.1 Å². The van der Waals surface area contributed by atoms with Crippen molar-refractivity contribution in [3.63, 3.8) is 0 Å². The van der Waals surface area contributed by atoms with Crippen LogP contribution >= 0.6 is 15.9 Å². The molecule has 210 valence electrons. The quantitative estimate of drug-likeness (QED) is 0.309. The van der Waals surface area contributed by atoms with E-state index in [-0.39, 0.29) is 11.2 Å². The second kappa shape index (κ2) is 11.1. The average Bonchev–Trinajstić information content (AvgIpc) is 2.93. The first-order valence-electron chi connectivity index (χ1n) is 13.6. The molecule has 0 bridgehead atoms. The van der Waals surface area contributed by atoms with Gasteiger partial charge in [0.1, 0.15) is 23.9 Å². The summed E-state index contributed by atoms with van der Waals surface area (Å²) < 4.78 is 12.4. The predicted molar refractivity (Wildman–Crippen MR) is 164 cm³/mol. The Morgan fingerprint density at radius 1 is 1.10 bits per heavy atom. The summed E-state index contributed by atoms with van der Waals surface area (Å²) in [6.45, 7) is 8.61. The molecule has 1 unspecified atom stereocenters. The number of rotatable bonds is 6. The molecule has 2 aliphatic rings. The number of hydrogen-bond acceptors (Lipinski definition) is 6. The summed E-state index contributed by atoms with van der Waals surface area (Å²) in [6.07, 6.45) is 1.05. The molecular formula is C34H34BrN3O3. The molecule has 1 atom stereocenters. The van der Waals surface area contributed by atoms with Gasteiger partial charge in [0.15, 0.2) is 5.78 Å². The Balaban J connectivity index is 1.67. The summed E-state index contributed by atoms with van der Waals surface area (Å²) in [4.78, 5) is 15.9. The van der Waals surface area contributed by atoms with E-state index in [0.717, 1.165) is 43.9 Å². The Morgan fingerprint density at radius 3 is 2.46 bits per heavy atom. The summed E-state index contributed by atoms with van der Waals surface area (Å²) in [5.74, 6) is 1.30. The Bertz CT molecular complexity index is 1630. The number of Topliss-reactive ketones (excluding diaryl/α,β-unsaturated/α-hetero) is 1. The molecule has 3 aromatic rings. The van der Waals surface area contributed by atoms with Gasteiger partial charge in [-0.1, -0.05) is 43.7 Å². The number of halogens is 1. The third-order valence-corrected chi connectivity index (χ3v) is 8.60. The first-order chi connectivity index (χ1) is 19.5. The van der Waals surface area contributed by atoms with Crippen molar-refractivity contribution >= 4 is 27.4 Å². The Hall–Kier alpha value is -4.02. The number of nitriles is 1. The molecule has 0 radical (unpaired) electrons. The topological polar surface area (TPSA) is 88.6 Å². The fourth-order valence-corrected chi connectivity index (χ4v) is 6.38. The Kier molecular flexibility index (Phi) is 7.72. The van der Waals surface area contributed by atoms with Gasteiger partial charge in [0.2, 0.25) is 0 Å². The minimum Gasteiger partial charge on any atom is -0.497 e. The van der Waals surface area contributed by atoms with Crippen LogP contribution in [0.2, 0.25) is 0 Å². The zero-order valence-electron chi connectivity index (χ0n) is 24.0. The van der Waals surface area contributed by atoms with Crippen molar-refractivity contribution in [2.45, 2.75) is 53.1 Å². The number of carbonyl (C=O) groups is 1. The lowest BCUT2D eigenvalue weighted by atomic mass is 9.68. The summed E-state index contributed by atoms with van der Waals surface area (Å²) in [7, 11) is 1.62. The second-order valence-electron chi connectivity index (χ2n) is 11.5. The highest BCUT2D eigenvalue weighted by Crippen LogP contribution is 2.51. The SMILES string of the molecule is COc1ccc(N2C(N)=C(C#N)C(c3cc(C)cc(COc4ccccc4Br)c3C)C3=C2CC(C)(C)CC3=O)cc1. The van der Waals surface area contributed by atoms with Crippen molar-refractivity contribution in [2.24, 2.45) is 11.1 Å². The van der Waals surface area contributed by atoms with Gasteiger partial charge in [-0.05, 0) is 94.7 Å². The molecule has 7 heteroatoms. The third-order valence-electron chi connectivity index (χ3n) is 7.94. The zero-order valence-corrected chi connectivity index (χ0v) is 25.6. The molecule has 0 spiro atoms. The number of allylic oxidation sites excluding steroid dienone is 3. The number of aryl methyl sites for hydroxylation is 1. The van der Waals surface area contributed by atoms with Gasteiger partial charge < -0.3 is 15.2 Å². The molecule has 1 aliphatic heterocycles. The fraction of sp³-hybridized carbons (Fsp3) is 0.294. The standard InChI is InChI=1S/C34H34BrN3O3/c1-20-14-22(19-41-30-9-7-6-8-27(30)35)21(2)25(15-20)31-26(18-36)33(37)38(23-10-12-24(40-5)13-11-23)28-16-34(3,4)17-29(39)32(28)31/h6-15,31H,16-17,19,37H2,1-5H3. The lowest BCUT2D eigenvalue weighted by Crippen LogP contribution is -2.42. The maximum absolute atomic E-state index is 14.0. The monoisotopic (exact) mass is 611 g/mol. The smallest absolute Gasteiger partial charge is 0.162 e. The van der Waals surface area contributed by atoms with Crippen LogP contribution in [0.15, 0.2) is 87.8 Å². The largest absolute Gasteiger partial charge is 0.497 e. The maximum Gasteiger partial charge on any atom is 0.162 e. The molecule has 0 fully saturated rings. The minimum atomic E-state index is -0.560. The third kappa shape index (κ3) is 5.37. The fourth-order valence-electron chi connectivity index (χ4n) is 5.98. The predicted octanol–water partition coefficient (Wildman–Crippen LogP) is 7.59. The van der Waals surface area contributed by atoms with Crippen molar-refractivity contribution in [3.8, 4) is 17.6 Å². The van der Waals surface area contributed by atoms with E-state index in [9.17, 15) is 10.1 Å². The minimum absolute atomic E-state index is 0.0481. The number of para-hydroxylation sites is 1. The summed E-state index contributed by atoms with van der Waals surface area (Å²) in [5, 5.41) is 10.5. The molecule has 5 rings (SSSR count). The maximum atomic E-state index is 14.0. The number of benzene rings is 3. The normalized spacial score (nSPS) is 18.2. The Labute approximate surface area is 250 Å². The molecule has 0 amide bonds. The van der Waals surface area contributed by atoms with Crippen LogP contribution in [0.1, 0.15) is 54.9 Å². The van der Waals surface area contributed by atoms with E-state index in [2.05, 4.69) is 48.0 Å². The summed E-state index contributed by atoms with van der Waals surface area (Å²) in [6, 6.07) is 21.8. The highest BCUT2D eigenvalue weighted by molar-refractivity contribution is 9.10. The van der Waals surface area contributed by atoms with Crippen LogP contribution in [0.3, 0.4) is 0 Å². The molecule has 1 aliphatic carbocycles. The number of ether oxygens (including phenoxy) is 2. The van der Waals surface area contributed by atoms with Crippen LogP contribution in [0.5, 0.6) is 11.5 Å². The van der Waals surface area contributed by atoms with Crippen LogP contribution in [-0.2, 0) is 11.4 Å². The first kappa shape index (κ1) is 28.5. The molecular weight excluding hydrogens is 578 g/mol. The van der Waals surface area contributed by atoms with Crippen LogP contribution in [-0.4, -0.2) is 12.9 Å². The number of nitrogens with zero attached hydrogens (tertiary/aromatic N) is 2. The number of carbonyl (C=O) groups excluding carboxylic acids is 1. The first-order valence-corrected chi connectivity index (χ1v) is 14.4. The van der Waals surface area contributed by atoms with E-state index in [1.165, 1.54) is 0 Å². The summed E-state index contributed by atoms with van der Waals surface area (Å²) >= 11 is 3.55. The van der Waals surface area contributed by atoms with E-state index in [1.54, 1.807) is 7.11 Å². The number of methoxy groups -OCH3 is 1. The lowest BCUT2D eigenvalue weighted by Gasteiger charge is -2.44. The van der Waals surface area contributed by atoms with Gasteiger partial charge in [0.05, 0.1) is 29.1 Å². The van der Waals surface area contributed by atoms with Gasteiger partial charge in [-0.3, -0.25) is 9.69 Å². The molecule has 1 heterocycles. The van der Waals surface area contributed by atoms with E-state index in [0.29, 0.717) is 42.2 Å². The van der Waals surface area contributed by atoms with Gasteiger partial charge in [-0.25, -0.2) is 0 Å². The van der Waals surface area contributed by atoms with Gasteiger partial charge in [-0.2, -0.15) is 5.26 Å². The van der Waals surface area contributed by atoms with Gasteiger partial charge in [0.25, 0.3) is 0 Å². The molecule has 0 saturated carbocycles. The van der Waals surface area contributed by atoms with E-state index in [1.807, 2.05) is 67.3 Å². The number of ketones is 1. The van der Waals surface area contributed by atoms with Crippen molar-refractivity contribution < 1.29 is 14.3 Å². The van der Waals surface area contributed by atoms with Crippen LogP contribution in [0, 0.1) is 30.6 Å². The van der Waals surface area contributed by atoms with Crippen molar-refractivity contribution in [3.05, 3.63) is 110 Å². The second-order valence-corrected chi connectivity index (χ2v) is 12.4. The molecule has 2 N–H and O–H groups in total. The van der Waals surface area contributed by atoms with Gasteiger partial charge in [0, 0.05) is 23.4 Å². The molecule has 0 saturated heterocycles. The van der Waals surface area contributed by atoms with Crippen molar-refractivity contribution in [1.29, 1.82) is 5.26 Å². The number of hydrogen-bond donors (Lipinski definition) is 1. The van der Waals surface area contributed by atoms with Crippen LogP contribution in [0.4, 0.5) is 5.69 Å². The highest BCUT2D eigenvalue weighted by atomic mass is 79.9. The molecule has 0 aromatic heterocycles. The Morgan fingerprint density at radius 2 is 1.80 bits per heavy atom. The molecule has 3 aromatic carbocycles. The zero-order chi connectivity index (χ0) is 29.5. The highest BCUT2D eigenvalue weighted by Gasteiger charge is 2.45. The van der Waals surface area contributed by atoms with Crippen LogP contribution in [0.25, 0.3) is 0 Å². The molecule has 41 heavy (non-hydrogen) atoms. The number of nitrogens with two attached hydrogens (primary N) is 1. The summed E-state index contributed by atoms with van der Waals surface area (Å²) in [5.41, 5.74) is 13.2. The van der Waals surface area contributed by atoms with Gasteiger partial charge in [-0.15, -0.1) is 0 Å². The van der Waals surface area contributed by atoms with E-state index >= 15 is 0 Å². The van der Waals surface area contributed by atoms with E-state index in [4.69, 9.17) is 15.2 Å². The number of anilines is 1. The lowest BCUT2D eigenvalue weighted by molar-refractivity contribution is -0.118. The van der Waals surface area contributed by atoms with Crippen molar-refractivity contribution in [2.75, 3.05) is 12.0 Å². The van der Waals surface area contributed by atoms with Crippen molar-refractivity contribution in [1.82, 2.24) is 0 Å². The molecule has 6 nitrogen and oxygen atoms in total. The van der Waals surface area contributed by atoms with Gasteiger partial charge >= 0.3 is 0 Å². The average molecular weight is 613 g/mol. The van der Waals surface area contributed by atoms with E-state index < -0.39 is 5.92 Å².